The van der Waals surface area contributed by atoms with Crippen molar-refractivity contribution in [1.82, 2.24) is 19.8 Å². The minimum Gasteiger partial charge on any atom is -0.497 e. The number of methoxy groups -OCH3 is 3. The van der Waals surface area contributed by atoms with E-state index >= 15 is 4.39 Å². The van der Waals surface area contributed by atoms with E-state index in [1.807, 2.05) is 13.0 Å². The number of rotatable bonds is 13. The first-order valence-corrected chi connectivity index (χ1v) is 16.1. The predicted molar refractivity (Wildman–Crippen MR) is 186 cm³/mol. The molecule has 260 valence electrons. The van der Waals surface area contributed by atoms with E-state index < -0.39 is 11.9 Å². The number of aryl methyl sites for hydroxylation is 1. The van der Waals surface area contributed by atoms with Crippen LogP contribution in [0.1, 0.15) is 19.4 Å². The molecule has 1 N–H and O–H groups in total. The number of nitrogens with zero attached hydrogens (tertiary/aromatic N) is 5. The molecular formula is C36H43FN6O6. The quantitative estimate of drug-likeness (QED) is 0.169. The summed E-state index contributed by atoms with van der Waals surface area (Å²) in [7, 11) is 4.50. The Kier molecular flexibility index (Phi) is 11.7. The maximum atomic E-state index is 15.1. The van der Waals surface area contributed by atoms with Crippen molar-refractivity contribution in [3.8, 4) is 28.7 Å². The Balaban J connectivity index is 1.33. The van der Waals surface area contributed by atoms with Crippen LogP contribution in [0.2, 0.25) is 0 Å². The second-order valence-corrected chi connectivity index (χ2v) is 11.7. The third-order valence-electron chi connectivity index (χ3n) is 8.19. The van der Waals surface area contributed by atoms with Crippen molar-refractivity contribution < 1.29 is 32.9 Å². The first kappa shape index (κ1) is 35.2. The molecule has 12 nitrogen and oxygen atoms in total. The maximum absolute atomic E-state index is 15.1. The number of anilines is 4. The average molecular weight is 675 g/mol. The molecule has 0 bridgehead atoms. The van der Waals surface area contributed by atoms with Crippen LogP contribution < -0.4 is 33.9 Å². The Morgan fingerprint density at radius 1 is 0.898 bits per heavy atom. The van der Waals surface area contributed by atoms with Crippen molar-refractivity contribution in [3.05, 3.63) is 78.2 Å². The Morgan fingerprint density at radius 3 is 2.35 bits per heavy atom. The van der Waals surface area contributed by atoms with Crippen molar-refractivity contribution in [1.29, 1.82) is 0 Å². The van der Waals surface area contributed by atoms with Gasteiger partial charge < -0.3 is 29.0 Å². The number of piperazine rings is 1. The summed E-state index contributed by atoms with van der Waals surface area (Å²) in [5.74, 6) is 1.37. The van der Waals surface area contributed by atoms with Gasteiger partial charge in [0.25, 0.3) is 0 Å². The zero-order valence-electron chi connectivity index (χ0n) is 28.7. The van der Waals surface area contributed by atoms with Gasteiger partial charge in [0.05, 0.1) is 27.0 Å². The number of ether oxygens (including phenoxy) is 5. The molecule has 0 atom stereocenters. The highest BCUT2D eigenvalue weighted by Crippen LogP contribution is 2.38. The third kappa shape index (κ3) is 8.86. The van der Waals surface area contributed by atoms with Crippen LogP contribution in [0.25, 0.3) is 0 Å². The fraction of sp³-hybridized carbons (Fsp3) is 0.361. The van der Waals surface area contributed by atoms with Gasteiger partial charge in [-0.25, -0.2) is 19.1 Å². The summed E-state index contributed by atoms with van der Waals surface area (Å²) in [6.07, 6.45) is 0.689. The second kappa shape index (κ2) is 16.3. The average Bonchev–Trinajstić information content (AvgIpc) is 3.10. The van der Waals surface area contributed by atoms with Gasteiger partial charge >= 0.3 is 6.09 Å². The standard InChI is InChI=1S/C36H43FN6O6/c1-24(2)42-17-15-41(16-18-42)19-20-48-30-12-8-26(22-28(30)37)39-35-38-14-13-34(40-35)43(29-10-9-27(45-4)23-32(29)47-6)36(44)49-33-21-25(3)7-11-31(33)46-5/h7-14,21-24H,15-20H2,1-6H3,(H,38,39,40). The van der Waals surface area contributed by atoms with Gasteiger partial charge in [-0.3, -0.25) is 9.80 Å². The normalized spacial score (nSPS) is 13.6. The molecule has 1 amide bonds. The molecule has 1 aromatic heterocycles. The lowest BCUT2D eigenvalue weighted by molar-refractivity contribution is 0.0965. The molecule has 5 rings (SSSR count). The molecule has 3 aromatic carbocycles. The molecule has 0 aliphatic carbocycles. The number of benzene rings is 3. The van der Waals surface area contributed by atoms with E-state index in [0.29, 0.717) is 41.3 Å². The molecule has 1 saturated heterocycles. The highest BCUT2D eigenvalue weighted by molar-refractivity contribution is 5.98. The van der Waals surface area contributed by atoms with Crippen LogP contribution in [0.3, 0.4) is 0 Å². The number of hydrogen-bond acceptors (Lipinski definition) is 11. The molecule has 1 aliphatic rings. The fourth-order valence-corrected chi connectivity index (χ4v) is 5.44. The summed E-state index contributed by atoms with van der Waals surface area (Å²) in [5.41, 5.74) is 1.60. The Hall–Kier alpha value is -5.14. The van der Waals surface area contributed by atoms with Crippen LogP contribution in [0.4, 0.5) is 32.3 Å². The van der Waals surface area contributed by atoms with Crippen molar-refractivity contribution in [2.45, 2.75) is 26.8 Å². The van der Waals surface area contributed by atoms with Gasteiger partial charge in [-0.1, -0.05) is 6.07 Å². The molecule has 1 fully saturated rings. The number of carbonyl (C=O) groups excluding carboxylic acids is 1. The summed E-state index contributed by atoms with van der Waals surface area (Å²) in [6.45, 7) is 11.4. The van der Waals surface area contributed by atoms with Crippen LogP contribution in [0, 0.1) is 12.7 Å². The molecule has 4 aromatic rings. The van der Waals surface area contributed by atoms with Crippen LogP contribution in [0.5, 0.6) is 28.7 Å². The fourth-order valence-electron chi connectivity index (χ4n) is 5.44. The van der Waals surface area contributed by atoms with Crippen molar-refractivity contribution in [2.24, 2.45) is 0 Å². The zero-order chi connectivity index (χ0) is 34.9. The van der Waals surface area contributed by atoms with Gasteiger partial charge in [0, 0.05) is 68.8 Å². The van der Waals surface area contributed by atoms with Crippen molar-refractivity contribution >= 4 is 29.2 Å². The van der Waals surface area contributed by atoms with Gasteiger partial charge in [-0.05, 0) is 62.7 Å². The van der Waals surface area contributed by atoms with E-state index in [9.17, 15) is 4.79 Å². The number of aromatic nitrogens is 2. The summed E-state index contributed by atoms with van der Waals surface area (Å²) >= 11 is 0. The number of carbonyl (C=O) groups is 1. The molecule has 0 spiro atoms. The lowest BCUT2D eigenvalue weighted by atomic mass is 10.2. The number of halogens is 1. The van der Waals surface area contributed by atoms with E-state index in [-0.39, 0.29) is 23.3 Å². The zero-order valence-corrected chi connectivity index (χ0v) is 28.7. The van der Waals surface area contributed by atoms with Gasteiger partial charge in [-0.2, -0.15) is 4.98 Å². The third-order valence-corrected chi connectivity index (χ3v) is 8.19. The summed E-state index contributed by atoms with van der Waals surface area (Å²) in [5, 5.41) is 3.02. The Morgan fingerprint density at radius 2 is 1.65 bits per heavy atom. The van der Waals surface area contributed by atoms with E-state index in [1.165, 1.54) is 38.5 Å². The highest BCUT2D eigenvalue weighted by Gasteiger charge is 2.27. The largest absolute Gasteiger partial charge is 0.497 e. The van der Waals surface area contributed by atoms with Crippen LogP contribution >= 0.6 is 0 Å². The van der Waals surface area contributed by atoms with Crippen LogP contribution in [0.15, 0.2) is 66.9 Å². The SMILES string of the molecule is COc1ccc(N(C(=O)Oc2cc(C)ccc2OC)c2ccnc(Nc3ccc(OCCN4CCN(C(C)C)CC4)c(F)c3)n2)c(OC)c1. The molecule has 0 unspecified atom stereocenters. The first-order chi connectivity index (χ1) is 23.7. The monoisotopic (exact) mass is 674 g/mol. The maximum Gasteiger partial charge on any atom is 0.425 e. The van der Waals surface area contributed by atoms with E-state index in [4.69, 9.17) is 23.7 Å². The lowest BCUT2D eigenvalue weighted by Crippen LogP contribution is -2.49. The molecular weight excluding hydrogens is 631 g/mol. The summed E-state index contributed by atoms with van der Waals surface area (Å²) in [4.78, 5) is 28.8. The Labute approximate surface area is 286 Å². The summed E-state index contributed by atoms with van der Waals surface area (Å²) < 4.78 is 43.1. The van der Waals surface area contributed by atoms with Gasteiger partial charge in [0.15, 0.2) is 23.1 Å². The minimum absolute atomic E-state index is 0.115. The van der Waals surface area contributed by atoms with E-state index in [2.05, 4.69) is 38.9 Å². The molecule has 1 aliphatic heterocycles. The van der Waals surface area contributed by atoms with Gasteiger partial charge in [-0.15, -0.1) is 0 Å². The molecule has 0 saturated carbocycles. The van der Waals surface area contributed by atoms with Crippen LogP contribution in [-0.2, 0) is 0 Å². The van der Waals surface area contributed by atoms with Crippen LogP contribution in [-0.4, -0.2) is 92.6 Å². The lowest BCUT2D eigenvalue weighted by Gasteiger charge is -2.36. The second-order valence-electron chi connectivity index (χ2n) is 11.7. The molecule has 0 radical (unpaired) electrons. The molecule has 49 heavy (non-hydrogen) atoms. The van der Waals surface area contributed by atoms with Crippen molar-refractivity contribution in [3.63, 3.8) is 0 Å². The first-order valence-electron chi connectivity index (χ1n) is 16.1. The molecule has 13 heteroatoms. The number of nitrogens with one attached hydrogen (secondary N) is 1. The number of hydrogen-bond donors (Lipinski definition) is 1. The summed E-state index contributed by atoms with van der Waals surface area (Å²) in [6, 6.07) is 16.9. The highest BCUT2D eigenvalue weighted by atomic mass is 19.1. The Bertz CT molecular complexity index is 1730. The molecule has 2 heterocycles. The van der Waals surface area contributed by atoms with Crippen molar-refractivity contribution in [2.75, 3.05) is 70.9 Å². The minimum atomic E-state index is -0.786. The number of amides is 1. The van der Waals surface area contributed by atoms with Gasteiger partial charge in [0.1, 0.15) is 23.9 Å². The predicted octanol–water partition coefficient (Wildman–Crippen LogP) is 6.44. The smallest absolute Gasteiger partial charge is 0.425 e. The van der Waals surface area contributed by atoms with E-state index in [0.717, 1.165) is 38.3 Å². The topological polar surface area (TPSA) is 111 Å². The van der Waals surface area contributed by atoms with E-state index in [1.54, 1.807) is 48.5 Å². The van der Waals surface area contributed by atoms with Gasteiger partial charge in [0.2, 0.25) is 5.95 Å².